The van der Waals surface area contributed by atoms with Gasteiger partial charge in [0.2, 0.25) is 0 Å². The van der Waals surface area contributed by atoms with Crippen LogP contribution in [-0.2, 0) is 9.47 Å². The van der Waals surface area contributed by atoms with Gasteiger partial charge in [-0.2, -0.15) is 0 Å². The van der Waals surface area contributed by atoms with Gasteiger partial charge in [-0.1, -0.05) is 6.92 Å². The molecule has 0 rings (SSSR count). The van der Waals surface area contributed by atoms with Crippen molar-refractivity contribution in [2.24, 2.45) is 0 Å². The van der Waals surface area contributed by atoms with Crippen LogP contribution < -0.4 is 0 Å². The first kappa shape index (κ1) is 13.9. The predicted octanol–water partition coefficient (Wildman–Crippen LogP) is 1.77. The van der Waals surface area contributed by atoms with Gasteiger partial charge in [-0.15, -0.1) is 0 Å². The molecule has 0 aliphatic carbocycles. The molecule has 1 atom stereocenters. The Hall–Kier alpha value is -0.120. The fourth-order valence-corrected chi connectivity index (χ4v) is 1.25. The Bertz CT molecular complexity index is 128. The number of ether oxygens (including phenoxy) is 2. The van der Waals surface area contributed by atoms with E-state index in [1.165, 1.54) is 0 Å². The minimum atomic E-state index is 0.194. The van der Waals surface area contributed by atoms with Crippen LogP contribution in [0.1, 0.15) is 27.7 Å². The van der Waals surface area contributed by atoms with Crippen LogP contribution in [0, 0.1) is 0 Å². The molecule has 0 saturated carbocycles. The van der Waals surface area contributed by atoms with Crippen molar-refractivity contribution in [3.63, 3.8) is 0 Å². The highest BCUT2D eigenvalue weighted by Gasteiger charge is 2.12. The monoisotopic (exact) mass is 203 g/mol. The summed E-state index contributed by atoms with van der Waals surface area (Å²) < 4.78 is 11.1. The van der Waals surface area contributed by atoms with Crippen LogP contribution in [0.4, 0.5) is 0 Å². The first-order chi connectivity index (χ1) is 6.60. The third kappa shape index (κ3) is 7.30. The van der Waals surface area contributed by atoms with Gasteiger partial charge in [-0.3, -0.25) is 0 Å². The van der Waals surface area contributed by atoms with Crippen LogP contribution >= 0.6 is 0 Å². The van der Waals surface area contributed by atoms with Crippen LogP contribution in [0.3, 0.4) is 0 Å². The van der Waals surface area contributed by atoms with E-state index in [1.54, 1.807) is 0 Å². The Morgan fingerprint density at radius 1 is 1.21 bits per heavy atom. The van der Waals surface area contributed by atoms with Crippen molar-refractivity contribution in [2.45, 2.75) is 39.9 Å². The van der Waals surface area contributed by atoms with E-state index in [0.717, 1.165) is 19.7 Å². The van der Waals surface area contributed by atoms with Crippen molar-refractivity contribution in [1.29, 1.82) is 0 Å². The largest absolute Gasteiger partial charge is 0.379 e. The van der Waals surface area contributed by atoms with Crippen molar-refractivity contribution in [2.75, 3.05) is 33.4 Å². The quantitative estimate of drug-likeness (QED) is 0.600. The molecule has 0 aromatic rings. The molecule has 0 aromatic heterocycles. The highest BCUT2D eigenvalue weighted by molar-refractivity contribution is 4.63. The Balaban J connectivity index is 3.83. The zero-order valence-electron chi connectivity index (χ0n) is 10.2. The summed E-state index contributed by atoms with van der Waals surface area (Å²) in [4.78, 5) is 2.24. The predicted molar refractivity (Wildman–Crippen MR) is 59.7 cm³/mol. The highest BCUT2D eigenvalue weighted by Crippen LogP contribution is 2.01. The van der Waals surface area contributed by atoms with Crippen molar-refractivity contribution >= 4 is 0 Å². The SMILES string of the molecule is CCOCC(CN(C)CC)OC(C)C. The van der Waals surface area contributed by atoms with E-state index in [2.05, 4.69) is 32.7 Å². The summed E-state index contributed by atoms with van der Waals surface area (Å²) in [6, 6.07) is 0. The van der Waals surface area contributed by atoms with E-state index >= 15 is 0 Å². The van der Waals surface area contributed by atoms with Gasteiger partial charge in [0.15, 0.2) is 0 Å². The Morgan fingerprint density at radius 3 is 2.29 bits per heavy atom. The summed E-state index contributed by atoms with van der Waals surface area (Å²) in [5.41, 5.74) is 0. The highest BCUT2D eigenvalue weighted by atomic mass is 16.5. The smallest absolute Gasteiger partial charge is 0.0938 e. The molecule has 0 radical (unpaired) electrons. The molecule has 0 heterocycles. The number of likely N-dealkylation sites (N-methyl/N-ethyl adjacent to an activating group) is 1. The summed E-state index contributed by atoms with van der Waals surface area (Å²) in [7, 11) is 2.10. The molecule has 0 N–H and O–H groups in total. The van der Waals surface area contributed by atoms with E-state index < -0.39 is 0 Å². The Morgan fingerprint density at radius 2 is 1.86 bits per heavy atom. The molecule has 0 aliphatic heterocycles. The molecule has 0 aromatic carbocycles. The van der Waals surface area contributed by atoms with Gasteiger partial charge in [0.05, 0.1) is 18.8 Å². The molecule has 14 heavy (non-hydrogen) atoms. The van der Waals surface area contributed by atoms with Crippen molar-refractivity contribution < 1.29 is 9.47 Å². The van der Waals surface area contributed by atoms with Gasteiger partial charge in [0, 0.05) is 13.2 Å². The molecule has 0 bridgehead atoms. The zero-order chi connectivity index (χ0) is 11.0. The van der Waals surface area contributed by atoms with E-state index in [1.807, 2.05) is 6.92 Å². The van der Waals surface area contributed by atoms with Crippen LogP contribution in [-0.4, -0.2) is 50.5 Å². The second-order valence-electron chi connectivity index (χ2n) is 3.82. The summed E-state index contributed by atoms with van der Waals surface area (Å²) in [5.74, 6) is 0. The van der Waals surface area contributed by atoms with E-state index in [0.29, 0.717) is 6.61 Å². The first-order valence-electron chi connectivity index (χ1n) is 5.51. The second-order valence-corrected chi connectivity index (χ2v) is 3.82. The van der Waals surface area contributed by atoms with Gasteiger partial charge in [0.25, 0.3) is 0 Å². The van der Waals surface area contributed by atoms with Gasteiger partial charge in [0.1, 0.15) is 0 Å². The molecule has 3 heteroatoms. The van der Waals surface area contributed by atoms with Crippen molar-refractivity contribution in [3.05, 3.63) is 0 Å². The summed E-state index contributed by atoms with van der Waals surface area (Å²) in [5, 5.41) is 0. The normalized spacial score (nSPS) is 13.9. The third-order valence-electron chi connectivity index (χ3n) is 2.03. The maximum Gasteiger partial charge on any atom is 0.0938 e. The lowest BCUT2D eigenvalue weighted by Gasteiger charge is -2.24. The first-order valence-corrected chi connectivity index (χ1v) is 5.51. The molecule has 0 amide bonds. The molecule has 0 spiro atoms. The molecule has 1 unspecified atom stereocenters. The minimum absolute atomic E-state index is 0.194. The third-order valence-corrected chi connectivity index (χ3v) is 2.03. The van der Waals surface area contributed by atoms with Gasteiger partial charge in [-0.25, -0.2) is 0 Å². The molecule has 0 aliphatic rings. The lowest BCUT2D eigenvalue weighted by molar-refractivity contribution is -0.0531. The molecular formula is C11H25NO2. The van der Waals surface area contributed by atoms with Gasteiger partial charge >= 0.3 is 0 Å². The standard InChI is InChI=1S/C11H25NO2/c1-6-12(5)8-11(9-13-7-2)14-10(3)4/h10-11H,6-9H2,1-5H3. The van der Waals surface area contributed by atoms with E-state index in [-0.39, 0.29) is 12.2 Å². The van der Waals surface area contributed by atoms with E-state index in [9.17, 15) is 0 Å². The fraction of sp³-hybridized carbons (Fsp3) is 1.00. The number of hydrogen-bond donors (Lipinski definition) is 0. The molecule has 86 valence electrons. The molecule has 0 saturated heterocycles. The molecule has 0 fully saturated rings. The van der Waals surface area contributed by atoms with Crippen LogP contribution in [0.2, 0.25) is 0 Å². The fourth-order valence-electron chi connectivity index (χ4n) is 1.25. The summed E-state index contributed by atoms with van der Waals surface area (Å²) in [6.07, 6.45) is 0.464. The summed E-state index contributed by atoms with van der Waals surface area (Å²) >= 11 is 0. The van der Waals surface area contributed by atoms with E-state index in [4.69, 9.17) is 9.47 Å². The van der Waals surface area contributed by atoms with Gasteiger partial charge in [-0.05, 0) is 34.4 Å². The maximum absolute atomic E-state index is 5.76. The van der Waals surface area contributed by atoms with Crippen LogP contribution in [0.5, 0.6) is 0 Å². The van der Waals surface area contributed by atoms with Crippen molar-refractivity contribution in [1.82, 2.24) is 4.90 Å². The van der Waals surface area contributed by atoms with Crippen LogP contribution in [0.15, 0.2) is 0 Å². The zero-order valence-corrected chi connectivity index (χ0v) is 10.2. The average molecular weight is 203 g/mol. The second kappa shape index (κ2) is 8.21. The van der Waals surface area contributed by atoms with Crippen LogP contribution in [0.25, 0.3) is 0 Å². The summed E-state index contributed by atoms with van der Waals surface area (Å²) in [6.45, 7) is 11.7. The molecule has 3 nitrogen and oxygen atoms in total. The van der Waals surface area contributed by atoms with Crippen molar-refractivity contribution in [3.8, 4) is 0 Å². The molecular weight excluding hydrogens is 178 g/mol. The lowest BCUT2D eigenvalue weighted by Crippen LogP contribution is -2.35. The average Bonchev–Trinajstić information content (AvgIpc) is 2.13. The number of nitrogens with zero attached hydrogens (tertiary/aromatic N) is 1. The Kier molecular flexibility index (Phi) is 8.14. The topological polar surface area (TPSA) is 21.7 Å². The maximum atomic E-state index is 5.76. The number of hydrogen-bond acceptors (Lipinski definition) is 3. The Labute approximate surface area is 88.4 Å². The minimum Gasteiger partial charge on any atom is -0.379 e. The number of rotatable bonds is 8. The van der Waals surface area contributed by atoms with Gasteiger partial charge < -0.3 is 14.4 Å². The lowest BCUT2D eigenvalue weighted by atomic mass is 10.3.